The van der Waals surface area contributed by atoms with E-state index in [-0.39, 0.29) is 18.2 Å². The number of nitrogens with zero attached hydrogens (tertiary/aromatic N) is 4. The normalized spacial score (nSPS) is 10.3. The van der Waals surface area contributed by atoms with E-state index in [2.05, 4.69) is 25.5 Å². The zero-order valence-corrected chi connectivity index (χ0v) is 21.2. The molecule has 1 amide bonds. The first-order valence-corrected chi connectivity index (χ1v) is 12.3. The van der Waals surface area contributed by atoms with Gasteiger partial charge in [0.2, 0.25) is 5.13 Å². The molecule has 0 aliphatic carbocycles. The van der Waals surface area contributed by atoms with E-state index in [0.29, 0.717) is 10.3 Å². The molecule has 0 spiro atoms. The topological polar surface area (TPSA) is 107 Å². The molecular weight excluding hydrogens is 506 g/mol. The molecule has 0 atom stereocenters. The molecule has 1 N–H and O–H groups in total. The number of nitrogens with one attached hydrogen (secondary N) is 1. The first-order valence-electron chi connectivity index (χ1n) is 10.5. The van der Waals surface area contributed by atoms with Crippen LogP contribution in [0.15, 0.2) is 71.9 Å². The maximum Gasteiger partial charge on any atom is 0.316 e. The number of amides is 1. The number of anilines is 1. The summed E-state index contributed by atoms with van der Waals surface area (Å²) in [5.74, 6) is -1.04. The van der Waals surface area contributed by atoms with Crippen molar-refractivity contribution in [1.29, 1.82) is 0 Å². The van der Waals surface area contributed by atoms with E-state index in [1.54, 1.807) is 0 Å². The van der Waals surface area contributed by atoms with E-state index >= 15 is 0 Å². The molecule has 8 nitrogen and oxygen atoms in total. The largest absolute Gasteiger partial charge is 0.455 e. The Morgan fingerprint density at radius 2 is 1.54 bits per heavy atom. The van der Waals surface area contributed by atoms with Crippen molar-refractivity contribution >= 4 is 52.5 Å². The Bertz CT molecular complexity index is 1210. The van der Waals surface area contributed by atoms with Crippen molar-refractivity contribution in [3.63, 3.8) is 0 Å². The van der Waals surface area contributed by atoms with Crippen molar-refractivity contribution in [3.05, 3.63) is 71.7 Å². The molecule has 11 heteroatoms. The van der Waals surface area contributed by atoms with Gasteiger partial charge in [0, 0.05) is 11.1 Å². The van der Waals surface area contributed by atoms with Crippen molar-refractivity contribution in [3.8, 4) is 22.5 Å². The van der Waals surface area contributed by atoms with Gasteiger partial charge < -0.3 is 4.74 Å². The third-order valence-corrected chi connectivity index (χ3v) is 6.35. The van der Waals surface area contributed by atoms with E-state index in [0.717, 1.165) is 45.7 Å². The minimum Gasteiger partial charge on any atom is -0.455 e. The van der Waals surface area contributed by atoms with Crippen LogP contribution in [0, 0.1) is 0 Å². The highest BCUT2D eigenvalue weighted by Gasteiger charge is 2.14. The Kier molecular flexibility index (Phi) is 9.71. The molecule has 0 aliphatic rings. The molecule has 0 unspecified atom stereocenters. The second-order valence-electron chi connectivity index (χ2n) is 7.01. The van der Waals surface area contributed by atoms with Gasteiger partial charge in [-0.15, -0.1) is 22.6 Å². The third-order valence-electron chi connectivity index (χ3n) is 4.54. The molecular formula is C24H22ClN5O3S2. The fourth-order valence-electron chi connectivity index (χ4n) is 2.92. The zero-order chi connectivity index (χ0) is 23.8. The Morgan fingerprint density at radius 1 is 0.943 bits per heavy atom. The fraction of sp³-hybridized carbons (Fsp3) is 0.167. The van der Waals surface area contributed by atoms with Crippen LogP contribution in [0.5, 0.6) is 0 Å². The SMILES string of the molecule is CCc1nnc(NC(=O)COC(=O)CSc2nc(-c3ccccc3)cc(-c3ccccc3)n2)s1.Cl. The third kappa shape index (κ3) is 7.57. The highest BCUT2D eigenvalue weighted by atomic mass is 35.5. The molecule has 0 aliphatic heterocycles. The van der Waals surface area contributed by atoms with E-state index in [1.807, 2.05) is 73.7 Å². The van der Waals surface area contributed by atoms with E-state index < -0.39 is 18.5 Å². The zero-order valence-electron chi connectivity index (χ0n) is 18.7. The number of halogens is 1. The number of carbonyl (C=O) groups is 2. The number of aromatic nitrogens is 4. The van der Waals surface area contributed by atoms with Crippen LogP contribution in [-0.2, 0) is 20.7 Å². The van der Waals surface area contributed by atoms with Crippen LogP contribution in [0.25, 0.3) is 22.5 Å². The summed E-state index contributed by atoms with van der Waals surface area (Å²) in [6, 6.07) is 21.5. The van der Waals surface area contributed by atoms with Crippen LogP contribution in [0.4, 0.5) is 5.13 Å². The molecule has 0 radical (unpaired) electrons. The van der Waals surface area contributed by atoms with Gasteiger partial charge in [0.1, 0.15) is 5.01 Å². The van der Waals surface area contributed by atoms with Gasteiger partial charge in [0.25, 0.3) is 5.91 Å². The molecule has 0 saturated heterocycles. The molecule has 4 aromatic rings. The summed E-state index contributed by atoms with van der Waals surface area (Å²) >= 11 is 2.45. The van der Waals surface area contributed by atoms with Gasteiger partial charge in [-0.3, -0.25) is 14.9 Å². The molecule has 2 aromatic heterocycles. The summed E-state index contributed by atoms with van der Waals surface area (Å²) in [5.41, 5.74) is 3.42. The first kappa shape index (κ1) is 26.3. The first-order chi connectivity index (χ1) is 16.6. The van der Waals surface area contributed by atoms with Crippen LogP contribution in [0.2, 0.25) is 0 Å². The molecule has 4 rings (SSSR count). The minimum absolute atomic E-state index is 0. The van der Waals surface area contributed by atoms with Crippen LogP contribution in [-0.4, -0.2) is 44.4 Å². The van der Waals surface area contributed by atoms with Gasteiger partial charge in [-0.1, -0.05) is 90.7 Å². The van der Waals surface area contributed by atoms with E-state index in [9.17, 15) is 9.59 Å². The fourth-order valence-corrected chi connectivity index (χ4v) is 4.27. The standard InChI is InChI=1S/C24H21N5O3S2.ClH/c1-2-21-28-29-24(34-21)27-20(30)14-32-22(31)15-33-23-25-18(16-9-5-3-6-10-16)13-19(26-23)17-11-7-4-8-12-17;/h3-13H,2,14-15H2,1H3,(H,27,29,30);1H. The van der Waals surface area contributed by atoms with E-state index in [4.69, 9.17) is 4.74 Å². The lowest BCUT2D eigenvalue weighted by Gasteiger charge is -2.09. The number of thioether (sulfide) groups is 1. The van der Waals surface area contributed by atoms with Crippen LogP contribution >= 0.6 is 35.5 Å². The maximum absolute atomic E-state index is 12.2. The average molecular weight is 528 g/mol. The predicted molar refractivity (Wildman–Crippen MR) is 140 cm³/mol. The lowest BCUT2D eigenvalue weighted by atomic mass is 10.1. The van der Waals surface area contributed by atoms with Crippen molar-refractivity contribution in [2.24, 2.45) is 0 Å². The number of rotatable bonds is 9. The summed E-state index contributed by atoms with van der Waals surface area (Å²) in [7, 11) is 0. The number of benzene rings is 2. The van der Waals surface area contributed by atoms with Gasteiger partial charge in [-0.2, -0.15) is 0 Å². The van der Waals surface area contributed by atoms with Gasteiger partial charge in [0.05, 0.1) is 17.1 Å². The molecule has 2 heterocycles. The Hall–Kier alpha value is -3.34. The number of ether oxygens (including phenoxy) is 1. The van der Waals surface area contributed by atoms with Crippen molar-refractivity contribution in [1.82, 2.24) is 20.2 Å². The maximum atomic E-state index is 12.2. The molecule has 0 saturated carbocycles. The number of hydrogen-bond acceptors (Lipinski definition) is 9. The van der Waals surface area contributed by atoms with Crippen molar-refractivity contribution < 1.29 is 14.3 Å². The molecule has 180 valence electrons. The minimum atomic E-state index is -0.540. The van der Waals surface area contributed by atoms with Crippen LogP contribution < -0.4 is 5.32 Å². The summed E-state index contributed by atoms with van der Waals surface area (Å²) < 4.78 is 5.09. The van der Waals surface area contributed by atoms with E-state index in [1.165, 1.54) is 11.3 Å². The summed E-state index contributed by atoms with van der Waals surface area (Å²) in [4.78, 5) is 33.5. The number of hydrogen-bond donors (Lipinski definition) is 1. The lowest BCUT2D eigenvalue weighted by molar-refractivity contribution is -0.144. The monoisotopic (exact) mass is 527 g/mol. The van der Waals surface area contributed by atoms with Crippen LogP contribution in [0.1, 0.15) is 11.9 Å². The Labute approximate surface area is 217 Å². The van der Waals surface area contributed by atoms with Gasteiger partial charge in [-0.25, -0.2) is 9.97 Å². The molecule has 0 bridgehead atoms. The summed E-state index contributed by atoms with van der Waals surface area (Å²) in [6.07, 6.45) is 0.735. The Morgan fingerprint density at radius 3 is 2.09 bits per heavy atom. The summed E-state index contributed by atoms with van der Waals surface area (Å²) in [6.45, 7) is 1.55. The van der Waals surface area contributed by atoms with Gasteiger partial charge >= 0.3 is 5.97 Å². The lowest BCUT2D eigenvalue weighted by Crippen LogP contribution is -2.21. The quantitative estimate of drug-likeness (QED) is 0.186. The average Bonchev–Trinajstić information content (AvgIpc) is 3.34. The number of aryl methyl sites for hydroxylation is 1. The van der Waals surface area contributed by atoms with Crippen molar-refractivity contribution in [2.75, 3.05) is 17.7 Å². The molecule has 2 aromatic carbocycles. The summed E-state index contributed by atoms with van der Waals surface area (Å²) in [5, 5.41) is 12.0. The smallest absolute Gasteiger partial charge is 0.316 e. The number of esters is 1. The van der Waals surface area contributed by atoms with Crippen LogP contribution in [0.3, 0.4) is 0 Å². The van der Waals surface area contributed by atoms with Gasteiger partial charge in [-0.05, 0) is 12.5 Å². The highest BCUT2D eigenvalue weighted by molar-refractivity contribution is 7.99. The molecule has 0 fully saturated rings. The van der Waals surface area contributed by atoms with Crippen molar-refractivity contribution in [2.45, 2.75) is 18.5 Å². The van der Waals surface area contributed by atoms with Gasteiger partial charge in [0.15, 0.2) is 11.8 Å². The Balaban J connectivity index is 0.00000342. The second kappa shape index (κ2) is 12.9. The molecule has 35 heavy (non-hydrogen) atoms. The highest BCUT2D eigenvalue weighted by Crippen LogP contribution is 2.27. The predicted octanol–water partition coefficient (Wildman–Crippen LogP) is 4.92. The second-order valence-corrected chi connectivity index (χ2v) is 9.01. The number of carbonyl (C=O) groups excluding carboxylic acids is 2.